The average molecular weight is 323 g/mol. The molecule has 1 aromatic rings. The molecule has 0 radical (unpaired) electrons. The van der Waals surface area contributed by atoms with Gasteiger partial charge in [0, 0.05) is 22.7 Å². The molecule has 2 unspecified atom stereocenters. The van der Waals surface area contributed by atoms with Crippen molar-refractivity contribution in [3.63, 3.8) is 0 Å². The summed E-state index contributed by atoms with van der Waals surface area (Å²) >= 11 is 3.47. The summed E-state index contributed by atoms with van der Waals surface area (Å²) in [5.74, 6) is 0.954. The second-order valence-corrected chi connectivity index (χ2v) is 6.93. The molecule has 2 atom stereocenters. The lowest BCUT2D eigenvalue weighted by molar-refractivity contribution is 0.0547. The minimum absolute atomic E-state index is 0.826. The Bertz CT molecular complexity index is 444. The van der Waals surface area contributed by atoms with E-state index in [1.807, 2.05) is 0 Å². The Kier molecular flexibility index (Phi) is 4.13. The Morgan fingerprint density at radius 3 is 2.79 bits per heavy atom. The van der Waals surface area contributed by atoms with Crippen LogP contribution in [0.4, 0.5) is 5.69 Å². The van der Waals surface area contributed by atoms with Crippen molar-refractivity contribution in [2.75, 3.05) is 12.3 Å². The average Bonchev–Trinajstić information content (AvgIpc) is 2.43. The molecule has 1 heterocycles. The van der Waals surface area contributed by atoms with E-state index in [1.165, 1.54) is 50.6 Å². The second-order valence-electron chi connectivity index (χ2n) is 6.08. The van der Waals surface area contributed by atoms with Crippen LogP contribution in [0.1, 0.15) is 44.1 Å². The van der Waals surface area contributed by atoms with Crippen LogP contribution in [0.5, 0.6) is 0 Å². The fourth-order valence-electron chi connectivity index (χ4n) is 3.85. The standard InChI is InChI=1S/C16H23BrN2/c17-14-8-7-12(10-15(14)18)11-19-9-3-5-13-4-1-2-6-16(13)19/h7-8,10,13,16H,1-6,9,11,18H2. The molecule has 2 N–H and O–H groups in total. The molecular formula is C16H23BrN2. The van der Waals surface area contributed by atoms with Gasteiger partial charge in [0.05, 0.1) is 0 Å². The van der Waals surface area contributed by atoms with Gasteiger partial charge in [-0.05, 0) is 71.8 Å². The summed E-state index contributed by atoms with van der Waals surface area (Å²) in [4.78, 5) is 2.70. The van der Waals surface area contributed by atoms with Crippen LogP contribution in [0.3, 0.4) is 0 Å². The van der Waals surface area contributed by atoms with Crippen LogP contribution in [-0.4, -0.2) is 17.5 Å². The third-order valence-corrected chi connectivity index (χ3v) is 5.53. The number of hydrogen-bond donors (Lipinski definition) is 1. The van der Waals surface area contributed by atoms with Gasteiger partial charge >= 0.3 is 0 Å². The van der Waals surface area contributed by atoms with E-state index in [2.05, 4.69) is 39.0 Å². The molecule has 19 heavy (non-hydrogen) atoms. The number of fused-ring (bicyclic) bond motifs is 1. The molecule has 1 saturated carbocycles. The smallest absolute Gasteiger partial charge is 0.0461 e. The minimum Gasteiger partial charge on any atom is -0.398 e. The fraction of sp³-hybridized carbons (Fsp3) is 0.625. The van der Waals surface area contributed by atoms with Gasteiger partial charge < -0.3 is 5.73 Å². The summed E-state index contributed by atoms with van der Waals surface area (Å²) in [6.45, 7) is 2.33. The van der Waals surface area contributed by atoms with Gasteiger partial charge in [0.2, 0.25) is 0 Å². The van der Waals surface area contributed by atoms with Crippen LogP contribution in [0.15, 0.2) is 22.7 Å². The highest BCUT2D eigenvalue weighted by molar-refractivity contribution is 9.10. The first-order valence-corrected chi connectivity index (χ1v) is 8.31. The third kappa shape index (κ3) is 2.97. The van der Waals surface area contributed by atoms with E-state index in [9.17, 15) is 0 Å². The molecule has 0 amide bonds. The molecule has 1 aliphatic carbocycles. The Labute approximate surface area is 124 Å². The molecule has 2 fully saturated rings. The number of nitrogen functional groups attached to an aromatic ring is 1. The largest absolute Gasteiger partial charge is 0.398 e. The van der Waals surface area contributed by atoms with Crippen LogP contribution >= 0.6 is 15.9 Å². The predicted molar refractivity (Wildman–Crippen MR) is 83.9 cm³/mol. The molecule has 3 rings (SSSR count). The van der Waals surface area contributed by atoms with Crippen molar-refractivity contribution >= 4 is 21.6 Å². The van der Waals surface area contributed by atoms with Gasteiger partial charge in [-0.1, -0.05) is 18.9 Å². The maximum absolute atomic E-state index is 5.99. The number of rotatable bonds is 2. The number of piperidine rings is 1. The first-order valence-electron chi connectivity index (χ1n) is 7.52. The van der Waals surface area contributed by atoms with Crippen molar-refractivity contribution in [2.24, 2.45) is 5.92 Å². The topological polar surface area (TPSA) is 29.3 Å². The second kappa shape index (κ2) is 5.84. The number of benzene rings is 1. The van der Waals surface area contributed by atoms with Crippen LogP contribution < -0.4 is 5.73 Å². The lowest BCUT2D eigenvalue weighted by Gasteiger charge is -2.44. The Morgan fingerprint density at radius 1 is 1.16 bits per heavy atom. The SMILES string of the molecule is Nc1cc(CN2CCCC3CCCCC32)ccc1Br. The van der Waals surface area contributed by atoms with E-state index in [0.717, 1.165) is 28.7 Å². The van der Waals surface area contributed by atoms with E-state index in [0.29, 0.717) is 0 Å². The lowest BCUT2D eigenvalue weighted by atomic mass is 9.78. The summed E-state index contributed by atoms with van der Waals surface area (Å²) in [6, 6.07) is 7.23. The van der Waals surface area contributed by atoms with E-state index in [4.69, 9.17) is 5.73 Å². The van der Waals surface area contributed by atoms with Crippen LogP contribution in [-0.2, 0) is 6.54 Å². The Morgan fingerprint density at radius 2 is 1.95 bits per heavy atom. The monoisotopic (exact) mass is 322 g/mol. The van der Waals surface area contributed by atoms with Gasteiger partial charge in [0.1, 0.15) is 0 Å². The zero-order chi connectivity index (χ0) is 13.2. The highest BCUT2D eigenvalue weighted by Gasteiger charge is 2.32. The third-order valence-electron chi connectivity index (χ3n) is 4.80. The number of halogens is 1. The number of likely N-dealkylation sites (tertiary alicyclic amines) is 1. The summed E-state index contributed by atoms with van der Waals surface area (Å²) in [5, 5.41) is 0. The van der Waals surface area contributed by atoms with E-state index >= 15 is 0 Å². The quantitative estimate of drug-likeness (QED) is 0.827. The molecule has 2 aliphatic rings. The van der Waals surface area contributed by atoms with Gasteiger partial charge in [-0.3, -0.25) is 4.90 Å². The van der Waals surface area contributed by atoms with Crippen LogP contribution in [0.2, 0.25) is 0 Å². The van der Waals surface area contributed by atoms with Crippen LogP contribution in [0.25, 0.3) is 0 Å². The maximum atomic E-state index is 5.99. The van der Waals surface area contributed by atoms with Gasteiger partial charge in [-0.15, -0.1) is 0 Å². The number of nitrogens with two attached hydrogens (primary N) is 1. The van der Waals surface area contributed by atoms with E-state index < -0.39 is 0 Å². The van der Waals surface area contributed by atoms with E-state index in [-0.39, 0.29) is 0 Å². The van der Waals surface area contributed by atoms with Crippen molar-refractivity contribution in [1.29, 1.82) is 0 Å². The first-order chi connectivity index (χ1) is 9.24. The van der Waals surface area contributed by atoms with Crippen molar-refractivity contribution in [3.05, 3.63) is 28.2 Å². The fourth-order valence-corrected chi connectivity index (χ4v) is 4.10. The zero-order valence-electron chi connectivity index (χ0n) is 11.4. The molecule has 104 valence electrons. The van der Waals surface area contributed by atoms with Gasteiger partial charge in [0.25, 0.3) is 0 Å². The van der Waals surface area contributed by atoms with Crippen molar-refractivity contribution < 1.29 is 0 Å². The molecule has 0 bridgehead atoms. The highest BCUT2D eigenvalue weighted by Crippen LogP contribution is 2.36. The van der Waals surface area contributed by atoms with Crippen molar-refractivity contribution in [2.45, 2.75) is 51.1 Å². The highest BCUT2D eigenvalue weighted by atomic mass is 79.9. The summed E-state index contributed by atoms with van der Waals surface area (Å²) in [6.07, 6.45) is 8.53. The van der Waals surface area contributed by atoms with Crippen molar-refractivity contribution in [1.82, 2.24) is 4.90 Å². The molecule has 2 nitrogen and oxygen atoms in total. The Balaban J connectivity index is 1.72. The summed E-state index contributed by atoms with van der Waals surface area (Å²) < 4.78 is 1.01. The molecule has 0 spiro atoms. The molecule has 1 saturated heterocycles. The number of anilines is 1. The molecule has 0 aromatic heterocycles. The maximum Gasteiger partial charge on any atom is 0.0461 e. The minimum atomic E-state index is 0.826. The summed E-state index contributed by atoms with van der Waals surface area (Å²) in [5.41, 5.74) is 8.20. The molecular weight excluding hydrogens is 300 g/mol. The predicted octanol–water partition coefficient (Wildman–Crippen LogP) is 4.19. The molecule has 1 aromatic carbocycles. The van der Waals surface area contributed by atoms with Gasteiger partial charge in [0.15, 0.2) is 0 Å². The van der Waals surface area contributed by atoms with Gasteiger partial charge in [-0.2, -0.15) is 0 Å². The van der Waals surface area contributed by atoms with Crippen LogP contribution in [0, 0.1) is 5.92 Å². The summed E-state index contributed by atoms with van der Waals surface area (Å²) in [7, 11) is 0. The zero-order valence-corrected chi connectivity index (χ0v) is 13.0. The Hall–Kier alpha value is -0.540. The van der Waals surface area contributed by atoms with E-state index in [1.54, 1.807) is 0 Å². The number of hydrogen-bond acceptors (Lipinski definition) is 2. The normalized spacial score (nSPS) is 28.1. The van der Waals surface area contributed by atoms with Crippen molar-refractivity contribution in [3.8, 4) is 0 Å². The lowest BCUT2D eigenvalue weighted by Crippen LogP contribution is -2.46. The molecule has 3 heteroatoms. The first kappa shape index (κ1) is 13.4. The number of nitrogens with zero attached hydrogens (tertiary/aromatic N) is 1. The van der Waals surface area contributed by atoms with Gasteiger partial charge in [-0.25, -0.2) is 0 Å². The molecule has 1 aliphatic heterocycles.